The Kier molecular flexibility index (Phi) is 8.58. The zero-order chi connectivity index (χ0) is 23.0. The topological polar surface area (TPSA) is 96.7 Å². The van der Waals surface area contributed by atoms with Gasteiger partial charge in [-0.05, 0) is 39.9 Å². The van der Waals surface area contributed by atoms with Crippen LogP contribution in [0.4, 0.5) is 0 Å². The van der Waals surface area contributed by atoms with E-state index in [0.717, 1.165) is 40.9 Å². The van der Waals surface area contributed by atoms with Crippen molar-refractivity contribution >= 4 is 18.3 Å². The fourth-order valence-corrected chi connectivity index (χ4v) is 3.75. The van der Waals surface area contributed by atoms with Crippen LogP contribution in [-0.2, 0) is 24.3 Å². The van der Waals surface area contributed by atoms with Gasteiger partial charge in [-0.3, -0.25) is 4.79 Å². The number of nitrogens with one attached hydrogen (secondary N) is 1. The van der Waals surface area contributed by atoms with Gasteiger partial charge in [0.25, 0.3) is 0 Å². The molecule has 6 nitrogen and oxygen atoms in total. The molecular formula is C27H26ClN5O. The van der Waals surface area contributed by atoms with E-state index in [9.17, 15) is 4.79 Å². The van der Waals surface area contributed by atoms with Crippen LogP contribution in [0.25, 0.3) is 11.1 Å². The Morgan fingerprint density at radius 2 is 1.71 bits per heavy atom. The predicted molar refractivity (Wildman–Crippen MR) is 135 cm³/mol. The molecule has 0 fully saturated rings. The van der Waals surface area contributed by atoms with Crippen molar-refractivity contribution in [3.8, 4) is 17.2 Å². The van der Waals surface area contributed by atoms with E-state index >= 15 is 0 Å². The van der Waals surface area contributed by atoms with Crippen molar-refractivity contribution in [3.63, 3.8) is 0 Å². The van der Waals surface area contributed by atoms with Gasteiger partial charge in [-0.1, -0.05) is 60.7 Å². The van der Waals surface area contributed by atoms with E-state index in [-0.39, 0.29) is 24.9 Å². The first kappa shape index (κ1) is 24.7. The van der Waals surface area contributed by atoms with Gasteiger partial charge in [0.05, 0.1) is 24.5 Å². The molecule has 0 aliphatic carbocycles. The molecule has 7 heteroatoms. The van der Waals surface area contributed by atoms with Gasteiger partial charge in [-0.2, -0.15) is 5.26 Å². The molecule has 0 unspecified atom stereocenters. The molecule has 0 saturated heterocycles. The molecule has 34 heavy (non-hydrogen) atoms. The first-order valence-electron chi connectivity index (χ1n) is 10.8. The normalized spacial score (nSPS) is 10.2. The summed E-state index contributed by atoms with van der Waals surface area (Å²) in [7, 11) is 0. The number of carbonyl (C=O) groups excluding carboxylic acids is 1. The van der Waals surface area contributed by atoms with Crippen molar-refractivity contribution in [3.05, 3.63) is 113 Å². The van der Waals surface area contributed by atoms with E-state index in [1.165, 1.54) is 5.56 Å². The monoisotopic (exact) mass is 471 g/mol. The van der Waals surface area contributed by atoms with E-state index in [1.54, 1.807) is 0 Å². The third-order valence-electron chi connectivity index (χ3n) is 5.56. The molecule has 172 valence electrons. The zero-order valence-corrected chi connectivity index (χ0v) is 19.5. The third-order valence-corrected chi connectivity index (χ3v) is 5.56. The molecule has 3 N–H and O–H groups in total. The Balaban J connectivity index is 0.00000324. The van der Waals surface area contributed by atoms with Crippen molar-refractivity contribution in [1.29, 1.82) is 5.26 Å². The summed E-state index contributed by atoms with van der Waals surface area (Å²) in [6, 6.07) is 26.3. The summed E-state index contributed by atoms with van der Waals surface area (Å²) in [4.78, 5) is 15.9. The van der Waals surface area contributed by atoms with Crippen molar-refractivity contribution in [2.45, 2.75) is 19.5 Å². The van der Waals surface area contributed by atoms with Gasteiger partial charge in [0.15, 0.2) is 0 Å². The molecular weight excluding hydrogens is 446 g/mol. The molecule has 1 aromatic heterocycles. The summed E-state index contributed by atoms with van der Waals surface area (Å²) < 4.78 is 2.14. The molecule has 3 aromatic carbocycles. The van der Waals surface area contributed by atoms with E-state index in [4.69, 9.17) is 11.0 Å². The lowest BCUT2D eigenvalue weighted by Crippen LogP contribution is -2.29. The molecule has 0 saturated carbocycles. The number of halogens is 1. The minimum atomic E-state index is -0.169. The fourth-order valence-electron chi connectivity index (χ4n) is 3.75. The highest BCUT2D eigenvalue weighted by molar-refractivity contribution is 5.85. The molecule has 1 amide bonds. The van der Waals surface area contributed by atoms with Gasteiger partial charge in [0.1, 0.15) is 0 Å². The molecule has 4 rings (SSSR count). The maximum atomic E-state index is 11.5. The largest absolute Gasteiger partial charge is 0.351 e. The summed E-state index contributed by atoms with van der Waals surface area (Å²) in [6.07, 6.45) is 4.49. The Bertz CT molecular complexity index is 1270. The number of nitrogens with two attached hydrogens (primary N) is 1. The van der Waals surface area contributed by atoms with Crippen LogP contribution < -0.4 is 11.1 Å². The summed E-state index contributed by atoms with van der Waals surface area (Å²) in [5, 5.41) is 11.8. The first-order chi connectivity index (χ1) is 16.2. The first-order valence-corrected chi connectivity index (χ1v) is 10.8. The number of nitriles is 1. The molecule has 0 radical (unpaired) electrons. The minimum Gasteiger partial charge on any atom is -0.351 e. The Morgan fingerprint density at radius 3 is 2.41 bits per heavy atom. The molecule has 0 aliphatic rings. The summed E-state index contributed by atoms with van der Waals surface area (Å²) >= 11 is 0. The summed E-state index contributed by atoms with van der Waals surface area (Å²) in [6.45, 7) is 1.15. The van der Waals surface area contributed by atoms with Gasteiger partial charge >= 0.3 is 0 Å². The van der Waals surface area contributed by atoms with Crippen LogP contribution in [-0.4, -0.2) is 22.0 Å². The molecule has 0 spiro atoms. The SMILES string of the molecule is Cl.N#Cc1ccc(Cc2cncn2Cc2ccc(-c3ccccc3CNC(=O)CN)cc2)cc1. The van der Waals surface area contributed by atoms with E-state index in [0.29, 0.717) is 12.1 Å². The smallest absolute Gasteiger partial charge is 0.234 e. The van der Waals surface area contributed by atoms with Crippen molar-refractivity contribution in [1.82, 2.24) is 14.9 Å². The molecule has 4 aromatic rings. The average molecular weight is 472 g/mol. The van der Waals surface area contributed by atoms with E-state index < -0.39 is 0 Å². The number of imidazole rings is 1. The van der Waals surface area contributed by atoms with Crippen LogP contribution >= 0.6 is 12.4 Å². The van der Waals surface area contributed by atoms with E-state index in [2.05, 4.69) is 51.3 Å². The number of nitrogens with zero attached hydrogens (tertiary/aromatic N) is 3. The second kappa shape index (κ2) is 11.8. The molecule has 1 heterocycles. The van der Waals surface area contributed by atoms with Crippen LogP contribution in [0.15, 0.2) is 85.3 Å². The van der Waals surface area contributed by atoms with Gasteiger partial charge in [-0.15, -0.1) is 12.4 Å². The highest BCUT2D eigenvalue weighted by atomic mass is 35.5. The lowest BCUT2D eigenvalue weighted by atomic mass is 9.98. The van der Waals surface area contributed by atoms with Crippen LogP contribution in [0.5, 0.6) is 0 Å². The Hall–Kier alpha value is -3.92. The molecule has 0 atom stereocenters. The number of carbonyl (C=O) groups is 1. The number of amides is 1. The van der Waals surface area contributed by atoms with Crippen LogP contribution in [0.1, 0.15) is 27.9 Å². The van der Waals surface area contributed by atoms with E-state index in [1.807, 2.05) is 55.0 Å². The standard InChI is InChI=1S/C27H25N5O.ClH/c28-14-21-7-5-20(6-8-21)13-25-17-30-19-32(25)18-22-9-11-23(12-10-22)26-4-2-1-3-24(26)16-31-27(33)15-29;/h1-12,17,19H,13,15-16,18,29H2,(H,31,33);1H. The summed E-state index contributed by atoms with van der Waals surface area (Å²) in [5.41, 5.74) is 12.7. The second-order valence-corrected chi connectivity index (χ2v) is 7.83. The van der Waals surface area contributed by atoms with Crippen molar-refractivity contribution in [2.75, 3.05) is 6.54 Å². The molecule has 0 bridgehead atoms. The van der Waals surface area contributed by atoms with Gasteiger partial charge in [-0.25, -0.2) is 4.98 Å². The lowest BCUT2D eigenvalue weighted by Gasteiger charge is -2.12. The predicted octanol–water partition coefficient (Wildman–Crippen LogP) is 4.06. The summed E-state index contributed by atoms with van der Waals surface area (Å²) in [5.74, 6) is -0.169. The van der Waals surface area contributed by atoms with Gasteiger partial charge in [0, 0.05) is 31.4 Å². The lowest BCUT2D eigenvalue weighted by molar-refractivity contribution is -0.119. The van der Waals surface area contributed by atoms with Crippen LogP contribution in [0.2, 0.25) is 0 Å². The number of rotatable bonds is 8. The van der Waals surface area contributed by atoms with Crippen LogP contribution in [0, 0.1) is 11.3 Å². The van der Waals surface area contributed by atoms with Crippen molar-refractivity contribution in [2.24, 2.45) is 5.73 Å². The van der Waals surface area contributed by atoms with Crippen LogP contribution in [0.3, 0.4) is 0 Å². The highest BCUT2D eigenvalue weighted by Gasteiger charge is 2.08. The quantitative estimate of drug-likeness (QED) is 0.405. The number of hydrogen-bond acceptors (Lipinski definition) is 4. The number of hydrogen-bond donors (Lipinski definition) is 2. The molecule has 0 aliphatic heterocycles. The minimum absolute atomic E-state index is 0. The maximum Gasteiger partial charge on any atom is 0.234 e. The number of aromatic nitrogens is 2. The second-order valence-electron chi connectivity index (χ2n) is 7.83. The third kappa shape index (κ3) is 6.10. The fraction of sp³-hybridized carbons (Fsp3) is 0.148. The average Bonchev–Trinajstić information content (AvgIpc) is 3.30. The Labute approximate surface area is 205 Å². The maximum absolute atomic E-state index is 11.5. The van der Waals surface area contributed by atoms with Gasteiger partial charge in [0.2, 0.25) is 5.91 Å². The number of benzene rings is 3. The zero-order valence-electron chi connectivity index (χ0n) is 18.6. The van der Waals surface area contributed by atoms with Gasteiger partial charge < -0.3 is 15.6 Å². The Morgan fingerprint density at radius 1 is 1.00 bits per heavy atom. The van der Waals surface area contributed by atoms with Crippen molar-refractivity contribution < 1.29 is 4.79 Å². The highest BCUT2D eigenvalue weighted by Crippen LogP contribution is 2.24.